The van der Waals surface area contributed by atoms with Gasteiger partial charge in [0.2, 0.25) is 0 Å². The normalized spacial score (nSPS) is 14.4. The molecule has 1 heterocycles. The molecule has 3 rings (SSSR count). The number of carboxylic acid groups (broad SMARTS) is 1. The summed E-state index contributed by atoms with van der Waals surface area (Å²) < 4.78 is 28.4. The zero-order valence-electron chi connectivity index (χ0n) is 10.8. The van der Waals surface area contributed by atoms with E-state index in [0.717, 1.165) is 30.7 Å². The van der Waals surface area contributed by atoms with Crippen molar-refractivity contribution in [3.63, 3.8) is 0 Å². The van der Waals surface area contributed by atoms with Gasteiger partial charge >= 0.3 is 5.97 Å². The Morgan fingerprint density at radius 1 is 1.29 bits per heavy atom. The maximum Gasteiger partial charge on any atom is 0.313 e. The Morgan fingerprint density at radius 2 is 1.95 bits per heavy atom. The number of aromatic nitrogens is 3. The summed E-state index contributed by atoms with van der Waals surface area (Å²) in [6.07, 6.45) is 1.89. The minimum absolute atomic E-state index is 0.194. The van der Waals surface area contributed by atoms with Crippen LogP contribution in [0.5, 0.6) is 0 Å². The fourth-order valence-electron chi connectivity index (χ4n) is 2.02. The number of halogens is 2. The summed E-state index contributed by atoms with van der Waals surface area (Å²) in [7, 11) is 0. The lowest BCUT2D eigenvalue weighted by Crippen LogP contribution is -2.05. The van der Waals surface area contributed by atoms with Crippen LogP contribution in [-0.2, 0) is 4.79 Å². The molecule has 0 amide bonds. The Kier molecular flexibility index (Phi) is 3.62. The lowest BCUT2D eigenvalue weighted by atomic mass is 10.3. The number of aliphatic carboxylic acids is 1. The predicted octanol–water partition coefficient (Wildman–Crippen LogP) is 2.60. The first kappa shape index (κ1) is 14.0. The van der Waals surface area contributed by atoms with Crippen molar-refractivity contribution in [1.82, 2.24) is 14.8 Å². The average Bonchev–Trinajstić information content (AvgIpc) is 3.15. The van der Waals surface area contributed by atoms with Crippen molar-refractivity contribution in [2.45, 2.75) is 23.9 Å². The molecular formula is C13H11F2N3O2S. The van der Waals surface area contributed by atoms with Crippen LogP contribution in [0.4, 0.5) is 8.78 Å². The molecule has 1 saturated carbocycles. The second kappa shape index (κ2) is 5.44. The fraction of sp³-hybridized carbons (Fsp3) is 0.308. The molecule has 1 aliphatic carbocycles. The maximum absolute atomic E-state index is 13.4. The van der Waals surface area contributed by atoms with Crippen LogP contribution in [0.15, 0.2) is 23.4 Å². The molecule has 2 aromatic rings. The van der Waals surface area contributed by atoms with Crippen LogP contribution < -0.4 is 0 Å². The summed E-state index contributed by atoms with van der Waals surface area (Å²) in [6.45, 7) is 0. The zero-order chi connectivity index (χ0) is 15.0. The molecule has 110 valence electrons. The Labute approximate surface area is 123 Å². The molecule has 21 heavy (non-hydrogen) atoms. The number of nitrogens with zero attached hydrogens (tertiary/aromatic N) is 3. The molecule has 0 bridgehead atoms. The molecule has 0 radical (unpaired) electrons. The molecule has 1 N–H and O–H groups in total. The Morgan fingerprint density at radius 3 is 2.52 bits per heavy atom. The second-order valence-corrected chi connectivity index (χ2v) is 5.70. The van der Waals surface area contributed by atoms with Gasteiger partial charge in [0.15, 0.2) is 5.16 Å². The summed E-state index contributed by atoms with van der Waals surface area (Å²) in [5, 5.41) is 17.1. The van der Waals surface area contributed by atoms with Crippen LogP contribution in [0.2, 0.25) is 0 Å². The number of hydrogen-bond donors (Lipinski definition) is 1. The summed E-state index contributed by atoms with van der Waals surface area (Å²) in [5.41, 5.74) is 0.271. The Bertz CT molecular complexity index is 680. The van der Waals surface area contributed by atoms with Gasteiger partial charge in [-0.2, -0.15) is 0 Å². The average molecular weight is 311 g/mol. The molecule has 0 atom stereocenters. The highest BCUT2D eigenvalue weighted by atomic mass is 32.2. The second-order valence-electron chi connectivity index (χ2n) is 4.76. The van der Waals surface area contributed by atoms with E-state index in [-0.39, 0.29) is 17.4 Å². The number of carbonyl (C=O) groups is 1. The van der Waals surface area contributed by atoms with Gasteiger partial charge in [0, 0.05) is 12.0 Å². The zero-order valence-corrected chi connectivity index (χ0v) is 11.6. The minimum Gasteiger partial charge on any atom is -0.481 e. The van der Waals surface area contributed by atoms with E-state index in [1.54, 1.807) is 0 Å². The Balaban J connectivity index is 2.04. The van der Waals surface area contributed by atoms with Crippen LogP contribution in [0.25, 0.3) is 5.69 Å². The van der Waals surface area contributed by atoms with Crippen molar-refractivity contribution in [2.75, 3.05) is 5.75 Å². The van der Waals surface area contributed by atoms with Crippen LogP contribution in [0.1, 0.15) is 24.6 Å². The molecule has 0 unspecified atom stereocenters. The van der Waals surface area contributed by atoms with Crippen LogP contribution in [0.3, 0.4) is 0 Å². The van der Waals surface area contributed by atoms with E-state index >= 15 is 0 Å². The monoisotopic (exact) mass is 311 g/mol. The summed E-state index contributed by atoms with van der Waals surface area (Å²) >= 11 is 0.973. The van der Waals surface area contributed by atoms with E-state index in [1.165, 1.54) is 16.7 Å². The van der Waals surface area contributed by atoms with Gasteiger partial charge in [-0.3, -0.25) is 9.36 Å². The van der Waals surface area contributed by atoms with E-state index in [9.17, 15) is 13.6 Å². The van der Waals surface area contributed by atoms with Crippen molar-refractivity contribution >= 4 is 17.7 Å². The maximum atomic E-state index is 13.4. The third-order valence-electron chi connectivity index (χ3n) is 3.03. The fourth-order valence-corrected chi connectivity index (χ4v) is 2.70. The number of carboxylic acids is 1. The minimum atomic E-state index is -0.993. The lowest BCUT2D eigenvalue weighted by molar-refractivity contribution is -0.133. The van der Waals surface area contributed by atoms with Gasteiger partial charge in [-0.15, -0.1) is 10.2 Å². The van der Waals surface area contributed by atoms with Crippen LogP contribution in [-0.4, -0.2) is 31.6 Å². The molecule has 8 heteroatoms. The molecule has 1 aliphatic rings. The first-order chi connectivity index (χ1) is 10.0. The van der Waals surface area contributed by atoms with Gasteiger partial charge in [-0.25, -0.2) is 8.78 Å². The largest absolute Gasteiger partial charge is 0.481 e. The first-order valence-electron chi connectivity index (χ1n) is 6.31. The highest BCUT2D eigenvalue weighted by molar-refractivity contribution is 7.99. The van der Waals surface area contributed by atoms with Gasteiger partial charge in [0.1, 0.15) is 17.5 Å². The molecule has 1 aromatic carbocycles. The van der Waals surface area contributed by atoms with Gasteiger partial charge in [-0.1, -0.05) is 11.8 Å². The quantitative estimate of drug-likeness (QED) is 0.860. The van der Waals surface area contributed by atoms with Gasteiger partial charge in [-0.05, 0) is 25.0 Å². The molecule has 1 aromatic heterocycles. The number of hydrogen-bond acceptors (Lipinski definition) is 4. The number of thioether (sulfide) groups is 1. The molecule has 0 saturated heterocycles. The van der Waals surface area contributed by atoms with Gasteiger partial charge < -0.3 is 5.11 Å². The van der Waals surface area contributed by atoms with E-state index in [0.29, 0.717) is 11.0 Å². The van der Waals surface area contributed by atoms with Crippen molar-refractivity contribution in [1.29, 1.82) is 0 Å². The van der Waals surface area contributed by atoms with Crippen LogP contribution >= 0.6 is 11.8 Å². The molecule has 0 aliphatic heterocycles. The summed E-state index contributed by atoms with van der Waals surface area (Å²) in [6, 6.07) is 3.15. The highest BCUT2D eigenvalue weighted by Crippen LogP contribution is 2.41. The highest BCUT2D eigenvalue weighted by Gasteiger charge is 2.31. The number of benzene rings is 1. The Hall–Kier alpha value is -1.96. The first-order valence-corrected chi connectivity index (χ1v) is 7.29. The molecule has 1 fully saturated rings. The summed E-state index contributed by atoms with van der Waals surface area (Å²) in [5.74, 6) is -1.76. The van der Waals surface area contributed by atoms with Crippen LogP contribution in [0, 0.1) is 11.6 Å². The van der Waals surface area contributed by atoms with Crippen molar-refractivity contribution < 1.29 is 18.7 Å². The third-order valence-corrected chi connectivity index (χ3v) is 3.94. The van der Waals surface area contributed by atoms with E-state index in [1.807, 2.05) is 0 Å². The van der Waals surface area contributed by atoms with Gasteiger partial charge in [0.25, 0.3) is 0 Å². The van der Waals surface area contributed by atoms with E-state index in [2.05, 4.69) is 10.2 Å². The molecular weight excluding hydrogens is 300 g/mol. The number of rotatable bonds is 5. The predicted molar refractivity (Wildman–Crippen MR) is 71.6 cm³/mol. The van der Waals surface area contributed by atoms with Gasteiger partial charge in [0.05, 0.1) is 11.4 Å². The third kappa shape index (κ3) is 3.05. The molecule has 5 nitrogen and oxygen atoms in total. The van der Waals surface area contributed by atoms with E-state index in [4.69, 9.17) is 5.11 Å². The SMILES string of the molecule is O=C(O)CSc1nnc(C2CC2)n1-c1cc(F)cc(F)c1. The van der Waals surface area contributed by atoms with Crippen molar-refractivity contribution in [3.8, 4) is 5.69 Å². The standard InChI is InChI=1S/C13H11F2N3O2S/c14-8-3-9(15)5-10(4-8)18-12(7-1-2-7)16-17-13(18)21-6-11(19)20/h3-5,7H,1-2,6H2,(H,19,20). The molecule has 0 spiro atoms. The van der Waals surface area contributed by atoms with E-state index < -0.39 is 17.6 Å². The summed E-state index contributed by atoms with van der Waals surface area (Å²) in [4.78, 5) is 10.7. The lowest BCUT2D eigenvalue weighted by Gasteiger charge is -2.09. The van der Waals surface area contributed by atoms with Crippen molar-refractivity contribution in [2.24, 2.45) is 0 Å². The smallest absolute Gasteiger partial charge is 0.313 e. The topological polar surface area (TPSA) is 68.0 Å². The van der Waals surface area contributed by atoms with Crippen molar-refractivity contribution in [3.05, 3.63) is 35.7 Å².